The number of carbonyl (C=O) groups is 1. The summed E-state index contributed by atoms with van der Waals surface area (Å²) in [6, 6.07) is 11.2. The van der Waals surface area contributed by atoms with Crippen molar-refractivity contribution in [3.8, 4) is 5.75 Å². The topological polar surface area (TPSA) is 68.7 Å². The third kappa shape index (κ3) is 4.32. The van der Waals surface area contributed by atoms with Crippen molar-refractivity contribution in [3.05, 3.63) is 52.4 Å². The van der Waals surface area contributed by atoms with Gasteiger partial charge in [-0.05, 0) is 49.2 Å². The highest BCUT2D eigenvalue weighted by molar-refractivity contribution is 9.10. The first-order chi connectivity index (χ1) is 11.2. The number of hydrogen-bond acceptors (Lipinski definition) is 4. The first-order valence-electron chi connectivity index (χ1n) is 7.65. The minimum Gasteiger partial charge on any atom is -0.486 e. The summed E-state index contributed by atoms with van der Waals surface area (Å²) in [4.78, 5) is 14.3. The normalized spacial score (nSPS) is 16.8. The molecule has 7 heteroatoms. The molecular formula is C17H20BrClN2O3. The molecule has 1 aromatic carbocycles. The number of likely N-dealkylation sites (tertiary alicyclic amines) is 1. The van der Waals surface area contributed by atoms with Gasteiger partial charge in [0.1, 0.15) is 18.1 Å². The molecule has 3 rings (SSSR count). The zero-order valence-electron chi connectivity index (χ0n) is 13.1. The van der Waals surface area contributed by atoms with Crippen LogP contribution in [0.4, 0.5) is 0 Å². The van der Waals surface area contributed by atoms with Crippen molar-refractivity contribution in [3.63, 3.8) is 0 Å². The van der Waals surface area contributed by atoms with Crippen LogP contribution in [-0.4, -0.2) is 29.9 Å². The lowest BCUT2D eigenvalue weighted by atomic mass is 10.2. The molecule has 2 N–H and O–H groups in total. The van der Waals surface area contributed by atoms with E-state index in [1.54, 1.807) is 17.0 Å². The number of benzene rings is 1. The van der Waals surface area contributed by atoms with E-state index >= 15 is 0 Å². The van der Waals surface area contributed by atoms with Crippen LogP contribution in [-0.2, 0) is 6.61 Å². The van der Waals surface area contributed by atoms with Gasteiger partial charge in [-0.3, -0.25) is 4.79 Å². The molecule has 0 spiro atoms. The molecule has 0 bridgehead atoms. The van der Waals surface area contributed by atoms with Gasteiger partial charge >= 0.3 is 0 Å². The molecule has 1 unspecified atom stereocenters. The quantitative estimate of drug-likeness (QED) is 0.810. The summed E-state index contributed by atoms with van der Waals surface area (Å²) < 4.78 is 12.3. The van der Waals surface area contributed by atoms with Gasteiger partial charge in [0.25, 0.3) is 5.91 Å². The number of nitrogens with two attached hydrogens (primary N) is 1. The number of furan rings is 1. The van der Waals surface area contributed by atoms with Gasteiger partial charge in [-0.1, -0.05) is 15.9 Å². The summed E-state index contributed by atoms with van der Waals surface area (Å²) in [5.41, 5.74) is 5.72. The van der Waals surface area contributed by atoms with Gasteiger partial charge < -0.3 is 19.8 Å². The molecule has 0 radical (unpaired) electrons. The lowest BCUT2D eigenvalue weighted by molar-refractivity contribution is 0.0705. The highest BCUT2D eigenvalue weighted by atomic mass is 79.9. The van der Waals surface area contributed by atoms with E-state index in [0.29, 0.717) is 18.1 Å². The monoisotopic (exact) mass is 414 g/mol. The molecule has 2 aromatic rings. The molecule has 1 fully saturated rings. The summed E-state index contributed by atoms with van der Waals surface area (Å²) in [6.45, 7) is 1.52. The second kappa shape index (κ2) is 8.55. The van der Waals surface area contributed by atoms with Crippen LogP contribution >= 0.6 is 28.3 Å². The molecule has 1 aliphatic rings. The fourth-order valence-electron chi connectivity index (χ4n) is 2.75. The Morgan fingerprint density at radius 2 is 2.04 bits per heavy atom. The molecule has 1 saturated heterocycles. The average molecular weight is 416 g/mol. The first kappa shape index (κ1) is 18.8. The van der Waals surface area contributed by atoms with Crippen LogP contribution in [0, 0.1) is 0 Å². The maximum atomic E-state index is 12.5. The van der Waals surface area contributed by atoms with Crippen molar-refractivity contribution in [2.75, 3.05) is 13.1 Å². The Hall–Kier alpha value is -1.50. The molecular weight excluding hydrogens is 396 g/mol. The van der Waals surface area contributed by atoms with Crippen molar-refractivity contribution in [1.82, 2.24) is 4.90 Å². The Morgan fingerprint density at radius 3 is 2.75 bits per heavy atom. The minimum atomic E-state index is -0.0900. The van der Waals surface area contributed by atoms with Gasteiger partial charge in [-0.15, -0.1) is 12.4 Å². The molecule has 1 amide bonds. The maximum Gasteiger partial charge on any atom is 0.289 e. The third-order valence-electron chi connectivity index (χ3n) is 3.98. The molecule has 24 heavy (non-hydrogen) atoms. The molecule has 0 saturated carbocycles. The van der Waals surface area contributed by atoms with Crippen LogP contribution in [0.2, 0.25) is 0 Å². The second-order valence-electron chi connectivity index (χ2n) is 5.54. The lowest BCUT2D eigenvalue weighted by Gasteiger charge is -2.22. The van der Waals surface area contributed by atoms with Gasteiger partial charge in [-0.25, -0.2) is 0 Å². The summed E-state index contributed by atoms with van der Waals surface area (Å²) in [5.74, 6) is 1.63. The van der Waals surface area contributed by atoms with Gasteiger partial charge in [0.2, 0.25) is 0 Å². The van der Waals surface area contributed by atoms with Crippen molar-refractivity contribution in [2.24, 2.45) is 5.73 Å². The summed E-state index contributed by atoms with van der Waals surface area (Å²) >= 11 is 3.38. The fraction of sp³-hybridized carbons (Fsp3) is 0.353. The average Bonchev–Trinajstić information content (AvgIpc) is 3.23. The Balaban J connectivity index is 0.00000208. The van der Waals surface area contributed by atoms with Gasteiger partial charge in [0, 0.05) is 23.6 Å². The summed E-state index contributed by atoms with van der Waals surface area (Å²) in [7, 11) is 0. The first-order valence-corrected chi connectivity index (χ1v) is 8.45. The SMILES string of the molecule is Cl.NCC1CCCN1C(=O)c1ccc(COc2ccc(Br)cc2)o1. The van der Waals surface area contributed by atoms with E-state index in [4.69, 9.17) is 14.9 Å². The number of halogens is 2. The zero-order chi connectivity index (χ0) is 16.2. The predicted molar refractivity (Wildman–Crippen MR) is 97.5 cm³/mol. The Morgan fingerprint density at radius 1 is 1.29 bits per heavy atom. The zero-order valence-corrected chi connectivity index (χ0v) is 15.5. The standard InChI is InChI=1S/C17H19BrN2O3.ClH/c18-12-3-5-14(6-4-12)22-11-15-7-8-16(23-15)17(21)20-9-1-2-13(20)10-19;/h3-8,13H,1-2,9-11,19H2;1H. The Labute approximate surface area is 155 Å². The second-order valence-corrected chi connectivity index (χ2v) is 6.45. The van der Waals surface area contributed by atoms with Crippen LogP contribution in [0.5, 0.6) is 5.75 Å². The van der Waals surface area contributed by atoms with E-state index < -0.39 is 0 Å². The van der Waals surface area contributed by atoms with Crippen molar-refractivity contribution in [2.45, 2.75) is 25.5 Å². The molecule has 0 aliphatic carbocycles. The number of rotatable bonds is 5. The van der Waals surface area contributed by atoms with Crippen LogP contribution in [0.25, 0.3) is 0 Å². The molecule has 1 aliphatic heterocycles. The number of hydrogen-bond donors (Lipinski definition) is 1. The van der Waals surface area contributed by atoms with Crippen LogP contribution in [0.1, 0.15) is 29.2 Å². The van der Waals surface area contributed by atoms with Crippen molar-refractivity contribution in [1.29, 1.82) is 0 Å². The smallest absolute Gasteiger partial charge is 0.289 e. The van der Waals surface area contributed by atoms with E-state index in [1.807, 2.05) is 24.3 Å². The predicted octanol–water partition coefficient (Wildman–Crippen LogP) is 3.61. The van der Waals surface area contributed by atoms with E-state index in [1.165, 1.54) is 0 Å². The van der Waals surface area contributed by atoms with Crippen LogP contribution in [0.15, 0.2) is 45.3 Å². The van der Waals surface area contributed by atoms with Crippen molar-refractivity contribution >= 4 is 34.2 Å². The highest BCUT2D eigenvalue weighted by Crippen LogP contribution is 2.22. The van der Waals surface area contributed by atoms with Gasteiger partial charge in [0.15, 0.2) is 5.76 Å². The molecule has 130 valence electrons. The summed E-state index contributed by atoms with van der Waals surface area (Å²) in [6.07, 6.45) is 1.95. The van der Waals surface area contributed by atoms with Gasteiger partial charge in [0.05, 0.1) is 0 Å². The number of ether oxygens (including phenoxy) is 1. The highest BCUT2D eigenvalue weighted by Gasteiger charge is 2.29. The van der Waals surface area contributed by atoms with E-state index in [-0.39, 0.29) is 31.0 Å². The Bertz CT molecular complexity index is 675. The van der Waals surface area contributed by atoms with E-state index in [2.05, 4.69) is 15.9 Å². The lowest BCUT2D eigenvalue weighted by Crippen LogP contribution is -2.39. The number of nitrogens with zero attached hydrogens (tertiary/aromatic N) is 1. The van der Waals surface area contributed by atoms with Crippen molar-refractivity contribution < 1.29 is 13.9 Å². The van der Waals surface area contributed by atoms with Gasteiger partial charge in [-0.2, -0.15) is 0 Å². The molecule has 1 aromatic heterocycles. The van der Waals surface area contributed by atoms with Crippen LogP contribution in [0.3, 0.4) is 0 Å². The van der Waals surface area contributed by atoms with Crippen LogP contribution < -0.4 is 10.5 Å². The largest absolute Gasteiger partial charge is 0.486 e. The number of carbonyl (C=O) groups excluding carboxylic acids is 1. The molecule has 5 nitrogen and oxygen atoms in total. The van der Waals surface area contributed by atoms with E-state index in [9.17, 15) is 4.79 Å². The molecule has 1 atom stereocenters. The molecule has 2 heterocycles. The fourth-order valence-corrected chi connectivity index (χ4v) is 3.01. The maximum absolute atomic E-state index is 12.5. The van der Waals surface area contributed by atoms with E-state index in [0.717, 1.165) is 29.6 Å². The minimum absolute atomic E-state index is 0. The third-order valence-corrected chi connectivity index (χ3v) is 4.51. The number of amides is 1. The Kier molecular flexibility index (Phi) is 6.71. The summed E-state index contributed by atoms with van der Waals surface area (Å²) in [5, 5.41) is 0.